The predicted molar refractivity (Wildman–Crippen MR) is 79.0 cm³/mol. The van der Waals surface area contributed by atoms with Crippen molar-refractivity contribution in [3.05, 3.63) is 42.5 Å². The van der Waals surface area contributed by atoms with Crippen LogP contribution in [0.3, 0.4) is 0 Å². The first-order valence-electron chi connectivity index (χ1n) is 6.51. The van der Waals surface area contributed by atoms with Crippen LogP contribution in [0.2, 0.25) is 0 Å². The van der Waals surface area contributed by atoms with Gasteiger partial charge in [0.05, 0.1) is 11.8 Å². The monoisotopic (exact) mass is 268 g/mol. The molecule has 1 heterocycles. The number of ether oxygens (including phenoxy) is 1. The van der Waals surface area contributed by atoms with Gasteiger partial charge in [0.15, 0.2) is 0 Å². The van der Waals surface area contributed by atoms with Crippen molar-refractivity contribution in [2.24, 2.45) is 0 Å². The summed E-state index contributed by atoms with van der Waals surface area (Å²) in [5.74, 6) is 0.838. The van der Waals surface area contributed by atoms with Crippen molar-refractivity contribution in [1.29, 1.82) is 0 Å². The Morgan fingerprint density at radius 3 is 2.40 bits per heavy atom. The van der Waals surface area contributed by atoms with E-state index in [0.717, 1.165) is 22.5 Å². The number of anilines is 1. The third-order valence-corrected chi connectivity index (χ3v) is 2.84. The molecule has 3 rings (SSSR count). The zero-order valence-electron chi connectivity index (χ0n) is 11.4. The normalized spacial score (nSPS) is 11.2. The summed E-state index contributed by atoms with van der Waals surface area (Å²) in [4.78, 5) is 1.60. The van der Waals surface area contributed by atoms with Gasteiger partial charge in [0, 0.05) is 5.69 Å². The Balaban J connectivity index is 1.94. The Hall–Kier alpha value is -2.56. The number of benzene rings is 2. The van der Waals surface area contributed by atoms with Crippen LogP contribution >= 0.6 is 0 Å². The molecule has 102 valence electrons. The summed E-state index contributed by atoms with van der Waals surface area (Å²) in [5.41, 5.74) is 8.92. The van der Waals surface area contributed by atoms with Crippen molar-refractivity contribution in [1.82, 2.24) is 15.0 Å². The molecule has 0 bridgehead atoms. The minimum Gasteiger partial charge on any atom is -0.491 e. The second-order valence-electron chi connectivity index (χ2n) is 4.90. The van der Waals surface area contributed by atoms with E-state index in [1.807, 2.05) is 56.3 Å². The molecule has 5 nitrogen and oxygen atoms in total. The van der Waals surface area contributed by atoms with Crippen molar-refractivity contribution < 1.29 is 4.74 Å². The molecule has 0 atom stereocenters. The summed E-state index contributed by atoms with van der Waals surface area (Å²) in [5, 5.41) is 8.84. The number of hydrogen-bond acceptors (Lipinski definition) is 4. The van der Waals surface area contributed by atoms with Gasteiger partial charge < -0.3 is 10.5 Å². The maximum atomic E-state index is 5.74. The highest BCUT2D eigenvalue weighted by molar-refractivity contribution is 5.77. The highest BCUT2D eigenvalue weighted by Gasteiger charge is 2.05. The summed E-state index contributed by atoms with van der Waals surface area (Å²) in [7, 11) is 0. The molecule has 2 N–H and O–H groups in total. The van der Waals surface area contributed by atoms with Gasteiger partial charge in [0.1, 0.15) is 16.8 Å². The zero-order valence-corrected chi connectivity index (χ0v) is 11.4. The van der Waals surface area contributed by atoms with E-state index >= 15 is 0 Å². The second-order valence-corrected chi connectivity index (χ2v) is 4.90. The fourth-order valence-corrected chi connectivity index (χ4v) is 1.98. The van der Waals surface area contributed by atoms with E-state index in [1.165, 1.54) is 0 Å². The van der Waals surface area contributed by atoms with Gasteiger partial charge in [-0.25, -0.2) is 0 Å². The van der Waals surface area contributed by atoms with Crippen molar-refractivity contribution in [3.8, 4) is 11.4 Å². The molecule has 0 aliphatic rings. The molecule has 2 aromatic carbocycles. The number of aromatic nitrogens is 3. The van der Waals surface area contributed by atoms with Gasteiger partial charge >= 0.3 is 0 Å². The van der Waals surface area contributed by atoms with E-state index < -0.39 is 0 Å². The number of nitrogens with zero attached hydrogens (tertiary/aromatic N) is 3. The highest BCUT2D eigenvalue weighted by Crippen LogP contribution is 2.18. The average molecular weight is 268 g/mol. The quantitative estimate of drug-likeness (QED) is 0.742. The highest BCUT2D eigenvalue weighted by atomic mass is 16.5. The molecule has 0 aliphatic heterocycles. The Labute approximate surface area is 117 Å². The summed E-state index contributed by atoms with van der Waals surface area (Å²) in [6.07, 6.45) is 0.161. The molecular formula is C15H16N4O. The van der Waals surface area contributed by atoms with Gasteiger partial charge in [-0.05, 0) is 56.3 Å². The average Bonchev–Trinajstić information content (AvgIpc) is 2.81. The minimum atomic E-state index is 0.161. The minimum absolute atomic E-state index is 0.161. The van der Waals surface area contributed by atoms with Crippen LogP contribution in [0.25, 0.3) is 16.7 Å². The topological polar surface area (TPSA) is 66.0 Å². The van der Waals surface area contributed by atoms with Crippen molar-refractivity contribution in [3.63, 3.8) is 0 Å². The number of fused-ring (bicyclic) bond motifs is 1. The van der Waals surface area contributed by atoms with Crippen LogP contribution in [-0.2, 0) is 0 Å². The molecule has 0 unspecified atom stereocenters. The first-order chi connectivity index (χ1) is 9.61. The lowest BCUT2D eigenvalue weighted by atomic mass is 10.3. The van der Waals surface area contributed by atoms with Gasteiger partial charge in [-0.1, -0.05) is 0 Å². The van der Waals surface area contributed by atoms with Crippen molar-refractivity contribution in [2.45, 2.75) is 20.0 Å². The standard InChI is InChI=1S/C15H16N4O/c1-10(2)20-13-6-4-12(5-7-13)19-17-14-8-3-11(16)9-15(14)18-19/h3-10H,16H2,1-2H3. The Kier molecular flexibility index (Phi) is 3.02. The molecule has 3 aromatic rings. The maximum Gasteiger partial charge on any atom is 0.119 e. The molecule has 0 radical (unpaired) electrons. The largest absolute Gasteiger partial charge is 0.491 e. The van der Waals surface area contributed by atoms with Crippen LogP contribution in [-0.4, -0.2) is 21.1 Å². The molecule has 20 heavy (non-hydrogen) atoms. The number of nitrogens with two attached hydrogens (primary N) is 1. The second kappa shape index (κ2) is 4.85. The first kappa shape index (κ1) is 12.5. The molecule has 5 heteroatoms. The molecular weight excluding hydrogens is 252 g/mol. The lowest BCUT2D eigenvalue weighted by molar-refractivity contribution is 0.242. The molecule has 1 aromatic heterocycles. The Bertz CT molecular complexity index is 731. The van der Waals surface area contributed by atoms with Gasteiger partial charge in [0.25, 0.3) is 0 Å². The van der Waals surface area contributed by atoms with Crippen LogP contribution in [0, 0.1) is 0 Å². The van der Waals surface area contributed by atoms with Gasteiger partial charge in [-0.3, -0.25) is 0 Å². The van der Waals surface area contributed by atoms with E-state index in [0.29, 0.717) is 5.69 Å². The summed E-state index contributed by atoms with van der Waals surface area (Å²) < 4.78 is 5.61. The molecule has 0 aliphatic carbocycles. The smallest absolute Gasteiger partial charge is 0.119 e. The molecule has 0 fully saturated rings. The Morgan fingerprint density at radius 2 is 1.70 bits per heavy atom. The maximum absolute atomic E-state index is 5.74. The van der Waals surface area contributed by atoms with Crippen LogP contribution < -0.4 is 10.5 Å². The van der Waals surface area contributed by atoms with Crippen LogP contribution in [0.1, 0.15) is 13.8 Å². The predicted octanol–water partition coefficient (Wildman–Crippen LogP) is 2.79. The fraction of sp³-hybridized carbons (Fsp3) is 0.200. The summed E-state index contributed by atoms with van der Waals surface area (Å²) in [6.45, 7) is 4.00. The lowest BCUT2D eigenvalue weighted by Crippen LogP contribution is -2.05. The molecule has 0 saturated heterocycles. The molecule has 0 spiro atoms. The van der Waals surface area contributed by atoms with Gasteiger partial charge in [-0.2, -0.15) is 4.80 Å². The Morgan fingerprint density at radius 1 is 1.00 bits per heavy atom. The van der Waals surface area contributed by atoms with E-state index in [-0.39, 0.29) is 6.10 Å². The van der Waals surface area contributed by atoms with Crippen LogP contribution in [0.15, 0.2) is 42.5 Å². The summed E-state index contributed by atoms with van der Waals surface area (Å²) >= 11 is 0. The van der Waals surface area contributed by atoms with Crippen molar-refractivity contribution in [2.75, 3.05) is 5.73 Å². The van der Waals surface area contributed by atoms with E-state index in [9.17, 15) is 0 Å². The number of nitrogen functional groups attached to an aromatic ring is 1. The number of hydrogen-bond donors (Lipinski definition) is 1. The molecule has 0 amide bonds. The van der Waals surface area contributed by atoms with E-state index in [1.54, 1.807) is 4.80 Å². The zero-order chi connectivity index (χ0) is 14.1. The number of rotatable bonds is 3. The van der Waals surface area contributed by atoms with Crippen molar-refractivity contribution >= 4 is 16.7 Å². The SMILES string of the molecule is CC(C)Oc1ccc(-n2nc3ccc(N)cc3n2)cc1. The van der Waals surface area contributed by atoms with Crippen LogP contribution in [0.5, 0.6) is 5.75 Å². The molecule has 0 saturated carbocycles. The van der Waals surface area contributed by atoms with E-state index in [4.69, 9.17) is 10.5 Å². The van der Waals surface area contributed by atoms with Gasteiger partial charge in [0.2, 0.25) is 0 Å². The fourth-order valence-electron chi connectivity index (χ4n) is 1.98. The van der Waals surface area contributed by atoms with Crippen LogP contribution in [0.4, 0.5) is 5.69 Å². The first-order valence-corrected chi connectivity index (χ1v) is 6.51. The van der Waals surface area contributed by atoms with Gasteiger partial charge in [-0.15, -0.1) is 10.2 Å². The van der Waals surface area contributed by atoms with E-state index in [2.05, 4.69) is 10.2 Å². The third kappa shape index (κ3) is 2.42. The summed E-state index contributed by atoms with van der Waals surface area (Å²) in [6, 6.07) is 13.2. The lowest BCUT2D eigenvalue weighted by Gasteiger charge is -2.09. The third-order valence-electron chi connectivity index (χ3n) is 2.84.